The van der Waals surface area contributed by atoms with Crippen molar-refractivity contribution in [2.24, 2.45) is 4.99 Å². The highest BCUT2D eigenvalue weighted by Crippen LogP contribution is 2.32. The quantitative estimate of drug-likeness (QED) is 0.703. The summed E-state index contributed by atoms with van der Waals surface area (Å²) in [6.45, 7) is 6.56. The van der Waals surface area contributed by atoms with Crippen molar-refractivity contribution in [3.8, 4) is 11.4 Å². The molecule has 0 saturated carbocycles. The second kappa shape index (κ2) is 9.33. The molecule has 0 radical (unpaired) electrons. The van der Waals surface area contributed by atoms with Crippen molar-refractivity contribution in [1.82, 2.24) is 20.3 Å². The molecule has 1 unspecified atom stereocenters. The molecule has 0 fully saturated rings. The molecule has 1 aliphatic rings. The van der Waals surface area contributed by atoms with Crippen molar-refractivity contribution in [1.29, 1.82) is 0 Å². The van der Waals surface area contributed by atoms with Crippen LogP contribution < -0.4 is 10.6 Å². The fourth-order valence-corrected chi connectivity index (χ4v) is 2.89. The van der Waals surface area contributed by atoms with Gasteiger partial charge in [0, 0.05) is 6.54 Å². The van der Waals surface area contributed by atoms with E-state index in [1.54, 1.807) is 26.8 Å². The smallest absolute Gasteiger partial charge is 0.407 e. The number of rotatable bonds is 5. The third kappa shape index (κ3) is 5.80. The molecule has 11 heteroatoms. The monoisotopic (exact) mass is 448 g/mol. The molecule has 1 aromatic carbocycles. The van der Waals surface area contributed by atoms with Crippen LogP contribution in [0, 0.1) is 5.82 Å². The summed E-state index contributed by atoms with van der Waals surface area (Å²) in [5, 5.41) is 5.23. The second-order valence-corrected chi connectivity index (χ2v) is 8.03. The van der Waals surface area contributed by atoms with E-state index in [0.717, 1.165) is 6.33 Å². The zero-order chi connectivity index (χ0) is 23.5. The van der Waals surface area contributed by atoms with Gasteiger partial charge < -0.3 is 15.4 Å². The van der Waals surface area contributed by atoms with Gasteiger partial charge in [0.05, 0.1) is 17.2 Å². The first-order valence-corrected chi connectivity index (χ1v) is 9.82. The fourth-order valence-electron chi connectivity index (χ4n) is 2.89. The molecule has 1 amide bonds. The predicted octanol–water partition coefficient (Wildman–Crippen LogP) is 4.41. The average molecular weight is 448 g/mol. The molecule has 2 aromatic rings. The summed E-state index contributed by atoms with van der Waals surface area (Å²) in [7, 11) is 0. The third-order valence-corrected chi connectivity index (χ3v) is 4.24. The highest BCUT2D eigenvalue weighted by Gasteiger charge is 2.24. The standard InChI is InChI=1S/C21H23F3N6O2/c1-11-5-8-14(28-11)29-19-27-10-26-18(30-19)13-7-6-12(15(16(13)22)17(23)24)9-25-20(31)32-21(2,3)4/h5-8,10-11,17H,9H2,1-4H3,(H,25,31)(H,26,27,28,29,30). The van der Waals surface area contributed by atoms with Crippen molar-refractivity contribution in [2.75, 3.05) is 5.32 Å². The van der Waals surface area contributed by atoms with Crippen molar-refractivity contribution >= 4 is 17.9 Å². The molecule has 8 nitrogen and oxygen atoms in total. The van der Waals surface area contributed by atoms with E-state index >= 15 is 4.39 Å². The van der Waals surface area contributed by atoms with E-state index in [1.165, 1.54) is 12.1 Å². The Morgan fingerprint density at radius 3 is 2.62 bits per heavy atom. The van der Waals surface area contributed by atoms with Gasteiger partial charge in [-0.1, -0.05) is 12.1 Å². The van der Waals surface area contributed by atoms with E-state index in [1.807, 2.05) is 13.0 Å². The Kier molecular flexibility index (Phi) is 6.75. The van der Waals surface area contributed by atoms with E-state index in [2.05, 4.69) is 30.6 Å². The molecule has 32 heavy (non-hydrogen) atoms. The van der Waals surface area contributed by atoms with Gasteiger partial charge in [0.2, 0.25) is 5.95 Å². The summed E-state index contributed by atoms with van der Waals surface area (Å²) in [6.07, 6.45) is 0.837. The molecule has 0 aliphatic carbocycles. The molecule has 1 aliphatic heterocycles. The zero-order valence-corrected chi connectivity index (χ0v) is 18.0. The zero-order valence-electron chi connectivity index (χ0n) is 18.0. The number of nitrogens with zero attached hydrogens (tertiary/aromatic N) is 4. The van der Waals surface area contributed by atoms with Gasteiger partial charge in [-0.15, -0.1) is 0 Å². The Labute approximate surface area is 183 Å². The van der Waals surface area contributed by atoms with Gasteiger partial charge in [-0.25, -0.2) is 27.9 Å². The number of carbonyl (C=O) groups is 1. The van der Waals surface area contributed by atoms with Crippen LogP contribution >= 0.6 is 0 Å². The number of aromatic nitrogens is 3. The normalized spacial score (nSPS) is 15.6. The van der Waals surface area contributed by atoms with Gasteiger partial charge in [-0.05, 0) is 45.4 Å². The number of halogens is 3. The van der Waals surface area contributed by atoms with Gasteiger partial charge in [-0.2, -0.15) is 4.98 Å². The Hall–Kier alpha value is -3.50. The maximum atomic E-state index is 15.1. The van der Waals surface area contributed by atoms with Crippen molar-refractivity contribution < 1.29 is 22.7 Å². The maximum absolute atomic E-state index is 15.1. The van der Waals surface area contributed by atoms with Crippen LogP contribution in [0.1, 0.15) is 45.2 Å². The first-order chi connectivity index (χ1) is 15.0. The van der Waals surface area contributed by atoms with Gasteiger partial charge in [0.25, 0.3) is 6.43 Å². The van der Waals surface area contributed by atoms with Crippen LogP contribution in [-0.2, 0) is 11.3 Å². The topological polar surface area (TPSA) is 101 Å². The molecule has 3 rings (SSSR count). The molecule has 1 atom stereocenters. The molecule has 2 heterocycles. The number of alkyl carbamates (subject to hydrolysis) is 1. The number of anilines is 1. The van der Waals surface area contributed by atoms with Crippen molar-refractivity contribution in [3.63, 3.8) is 0 Å². The van der Waals surface area contributed by atoms with Crippen LogP contribution in [0.5, 0.6) is 0 Å². The first-order valence-electron chi connectivity index (χ1n) is 9.82. The summed E-state index contributed by atoms with van der Waals surface area (Å²) in [6, 6.07) is 2.58. The molecular formula is C21H23F3N6O2. The Morgan fingerprint density at radius 1 is 1.25 bits per heavy atom. The SMILES string of the molecule is CC1C=CC(Nc2ncnc(-c3ccc(CNC(=O)OC(C)(C)C)c(C(F)F)c3F)n2)=N1. The minimum atomic E-state index is -3.12. The lowest BCUT2D eigenvalue weighted by atomic mass is 10.0. The maximum Gasteiger partial charge on any atom is 0.407 e. The van der Waals surface area contributed by atoms with E-state index < -0.39 is 29.5 Å². The van der Waals surface area contributed by atoms with E-state index in [-0.39, 0.29) is 35.5 Å². The highest BCUT2D eigenvalue weighted by molar-refractivity contribution is 6.04. The van der Waals surface area contributed by atoms with Crippen molar-refractivity contribution in [2.45, 2.75) is 52.3 Å². The largest absolute Gasteiger partial charge is 0.444 e. The number of nitrogens with one attached hydrogen (secondary N) is 2. The molecule has 1 aromatic heterocycles. The Balaban J connectivity index is 1.85. The van der Waals surface area contributed by atoms with Gasteiger partial charge in [0.1, 0.15) is 23.6 Å². The summed E-state index contributed by atoms with van der Waals surface area (Å²) >= 11 is 0. The number of benzene rings is 1. The summed E-state index contributed by atoms with van der Waals surface area (Å²) in [5.74, 6) is -0.676. The van der Waals surface area contributed by atoms with Crippen LogP contribution in [0.25, 0.3) is 11.4 Å². The number of carbonyl (C=O) groups excluding carboxylic acids is 1. The van der Waals surface area contributed by atoms with Crippen LogP contribution in [0.3, 0.4) is 0 Å². The lowest BCUT2D eigenvalue weighted by molar-refractivity contribution is 0.0522. The lowest BCUT2D eigenvalue weighted by Crippen LogP contribution is -2.32. The predicted molar refractivity (Wildman–Crippen MR) is 113 cm³/mol. The number of alkyl halides is 2. The van der Waals surface area contributed by atoms with E-state index in [9.17, 15) is 13.6 Å². The Morgan fingerprint density at radius 2 is 2.00 bits per heavy atom. The molecule has 0 bridgehead atoms. The number of hydrogen-bond acceptors (Lipinski definition) is 7. The summed E-state index contributed by atoms with van der Waals surface area (Å²) in [5.41, 5.74) is -1.90. The molecule has 2 N–H and O–H groups in total. The second-order valence-electron chi connectivity index (χ2n) is 8.03. The number of aliphatic imine (C=N–C) groups is 1. The van der Waals surface area contributed by atoms with Crippen LogP contribution in [0.15, 0.2) is 35.6 Å². The lowest BCUT2D eigenvalue weighted by Gasteiger charge is -2.20. The Bertz CT molecular complexity index is 1070. The number of amides is 1. The number of amidine groups is 1. The average Bonchev–Trinajstić information content (AvgIpc) is 3.09. The fraction of sp³-hybridized carbons (Fsp3) is 0.381. The first kappa shape index (κ1) is 23.2. The number of hydrogen-bond donors (Lipinski definition) is 2. The minimum absolute atomic E-state index is 0.00619. The van der Waals surface area contributed by atoms with Crippen molar-refractivity contribution in [3.05, 3.63) is 47.6 Å². The summed E-state index contributed by atoms with van der Waals surface area (Å²) < 4.78 is 47.5. The molecule has 170 valence electrons. The van der Waals surface area contributed by atoms with E-state index in [4.69, 9.17) is 4.74 Å². The van der Waals surface area contributed by atoms with Crippen LogP contribution in [0.2, 0.25) is 0 Å². The molecular weight excluding hydrogens is 425 g/mol. The molecule has 0 saturated heterocycles. The van der Waals surface area contributed by atoms with Gasteiger partial charge in [-0.3, -0.25) is 4.99 Å². The highest BCUT2D eigenvalue weighted by atomic mass is 19.3. The third-order valence-electron chi connectivity index (χ3n) is 4.24. The van der Waals surface area contributed by atoms with E-state index in [0.29, 0.717) is 5.84 Å². The molecule has 0 spiro atoms. The number of ether oxygens (including phenoxy) is 1. The minimum Gasteiger partial charge on any atom is -0.444 e. The van der Waals surface area contributed by atoms with Gasteiger partial charge >= 0.3 is 6.09 Å². The van der Waals surface area contributed by atoms with Crippen LogP contribution in [0.4, 0.5) is 23.9 Å². The van der Waals surface area contributed by atoms with Gasteiger partial charge in [0.15, 0.2) is 5.82 Å². The van der Waals surface area contributed by atoms with Crippen LogP contribution in [-0.4, -0.2) is 38.5 Å². The summed E-state index contributed by atoms with van der Waals surface area (Å²) in [4.78, 5) is 28.1.